The van der Waals surface area contributed by atoms with Gasteiger partial charge in [0.25, 0.3) is 0 Å². The van der Waals surface area contributed by atoms with Gasteiger partial charge < -0.3 is 0 Å². The second-order valence-electron chi connectivity index (χ2n) is 20.4. The summed E-state index contributed by atoms with van der Waals surface area (Å²) in [6.45, 7) is 0. The van der Waals surface area contributed by atoms with Crippen molar-refractivity contribution in [1.29, 1.82) is 0 Å². The molecule has 10 aromatic carbocycles. The van der Waals surface area contributed by atoms with E-state index in [1.807, 2.05) is 0 Å². The van der Waals surface area contributed by atoms with E-state index in [1.54, 1.807) is 0 Å². The molecule has 318 valence electrons. The first-order chi connectivity index (χ1) is 33.8. The molecule has 0 nitrogen and oxygen atoms in total. The molecule has 68 heavy (non-hydrogen) atoms. The van der Waals surface area contributed by atoms with E-state index in [-0.39, 0.29) is 17.8 Å². The van der Waals surface area contributed by atoms with Crippen molar-refractivity contribution in [3.8, 4) is 0 Å². The van der Waals surface area contributed by atoms with Gasteiger partial charge in [-0.3, -0.25) is 0 Å². The Balaban J connectivity index is 1.30. The topological polar surface area (TPSA) is 0 Å². The van der Waals surface area contributed by atoms with Crippen LogP contribution in [0.3, 0.4) is 0 Å². The molecule has 0 aromatic heterocycles. The number of hydrogen-bond donors (Lipinski definition) is 0. The van der Waals surface area contributed by atoms with Gasteiger partial charge >= 0.3 is 405 Å². The third-order valence-electron chi connectivity index (χ3n) is 18.3. The molecule has 1 heteroatoms. The molecule has 0 fully saturated rings. The molecule has 6 bridgehead atoms. The molecule has 0 saturated carbocycles. The van der Waals surface area contributed by atoms with Crippen LogP contribution in [0.5, 0.6) is 0 Å². The van der Waals surface area contributed by atoms with Gasteiger partial charge in [-0.2, -0.15) is 0 Å². The zero-order valence-corrected chi connectivity index (χ0v) is 40.5. The molecule has 0 radical (unpaired) electrons. The predicted octanol–water partition coefficient (Wildman–Crippen LogP) is 14.4. The van der Waals surface area contributed by atoms with Crippen LogP contribution in [-0.4, -0.2) is 18.4 Å². The third kappa shape index (κ3) is 4.03. The van der Waals surface area contributed by atoms with E-state index < -0.39 is 28.7 Å². The maximum atomic E-state index is 2.62. The fourth-order valence-electron chi connectivity index (χ4n) is 16.8. The molecule has 19 rings (SSSR count). The van der Waals surface area contributed by atoms with Crippen molar-refractivity contribution in [2.24, 2.45) is 0 Å². The van der Waals surface area contributed by atoms with Crippen LogP contribution in [-0.2, 0) is 14.7 Å². The molecular weight excluding hydrogens is 923 g/mol. The van der Waals surface area contributed by atoms with E-state index in [9.17, 15) is 0 Å². The van der Waals surface area contributed by atoms with Crippen LogP contribution < -0.4 is 0 Å². The number of benzene rings is 10. The van der Waals surface area contributed by atoms with Crippen molar-refractivity contribution in [3.63, 3.8) is 0 Å². The summed E-state index contributed by atoms with van der Waals surface area (Å²) in [6.07, 6.45) is 0. The fraction of sp³-hybridized carbons (Fsp3) is 0.104. The average molecular weight is 970 g/mol. The molecule has 9 aliphatic rings. The summed E-state index contributed by atoms with van der Waals surface area (Å²) in [7, 11) is 0. The zero-order chi connectivity index (χ0) is 44.4. The molecule has 0 saturated heterocycles. The van der Waals surface area contributed by atoms with Crippen molar-refractivity contribution in [3.05, 3.63) is 354 Å². The molecule has 9 aliphatic carbocycles. The van der Waals surface area contributed by atoms with Gasteiger partial charge in [-0.1, -0.05) is 0 Å². The van der Waals surface area contributed by atoms with Crippen LogP contribution in [0.2, 0.25) is 0 Å². The van der Waals surface area contributed by atoms with E-state index in [0.29, 0.717) is 0 Å². The molecule has 0 heterocycles. The molecular formula is C67H46Sn. The Kier molecular flexibility index (Phi) is 7.47. The van der Waals surface area contributed by atoms with Crippen molar-refractivity contribution in [2.45, 2.75) is 32.5 Å². The molecule has 10 aromatic rings. The first-order valence-corrected chi connectivity index (χ1v) is 31.0. The molecule has 0 spiro atoms. The van der Waals surface area contributed by atoms with Gasteiger partial charge in [-0.25, -0.2) is 0 Å². The Morgan fingerprint density at radius 3 is 0.603 bits per heavy atom. The Morgan fingerprint density at radius 1 is 0.221 bits per heavy atom. The summed E-state index contributed by atoms with van der Waals surface area (Å²) in [5, 5.41) is 0. The van der Waals surface area contributed by atoms with Crippen LogP contribution in [0.1, 0.15) is 123 Å². The van der Waals surface area contributed by atoms with Gasteiger partial charge in [0.15, 0.2) is 0 Å². The monoisotopic (exact) mass is 970 g/mol. The summed E-state index contributed by atoms with van der Waals surface area (Å²) >= 11 is -5.51. The fourth-order valence-corrected chi connectivity index (χ4v) is 44.0. The normalized spacial score (nSPS) is 24.7. The summed E-state index contributed by atoms with van der Waals surface area (Å²) in [6, 6.07) is 101. The zero-order valence-electron chi connectivity index (χ0n) is 37.6. The molecule has 0 N–H and O–H groups in total. The molecule has 0 aliphatic heterocycles. The van der Waals surface area contributed by atoms with Crippen LogP contribution in [0.25, 0.3) is 0 Å². The van der Waals surface area contributed by atoms with E-state index in [2.05, 4.69) is 249 Å². The van der Waals surface area contributed by atoms with E-state index in [0.717, 1.165) is 4.44 Å². The average Bonchev–Trinajstić information content (AvgIpc) is 3.42. The Bertz CT molecular complexity index is 3070. The van der Waals surface area contributed by atoms with Crippen molar-refractivity contribution in [1.82, 2.24) is 0 Å². The number of rotatable bonds is 5. The van der Waals surface area contributed by atoms with Gasteiger partial charge in [0.2, 0.25) is 0 Å². The SMILES string of the molecule is c1ccc([CH2][Sn]([C]23c4ccccc4C(c4ccccc42)c2ccccc23)([C]23c4ccccc4C(c4ccccc42)c2ccccc23)[C]23c4ccccc4C(c4ccccc42)c2ccccc23)cc1. The van der Waals surface area contributed by atoms with E-state index in [4.69, 9.17) is 0 Å². The number of hydrogen-bond acceptors (Lipinski definition) is 0. The molecule has 0 amide bonds. The maximum absolute atomic E-state index is 5.51. The van der Waals surface area contributed by atoms with Gasteiger partial charge in [0.05, 0.1) is 0 Å². The quantitative estimate of drug-likeness (QED) is 0.151. The summed E-state index contributed by atoms with van der Waals surface area (Å²) in [5.41, 5.74) is 28.5. The van der Waals surface area contributed by atoms with Crippen LogP contribution >= 0.6 is 0 Å². The Morgan fingerprint density at radius 2 is 0.397 bits per heavy atom. The first-order valence-electron chi connectivity index (χ1n) is 24.7. The van der Waals surface area contributed by atoms with Crippen LogP contribution in [0, 0.1) is 0 Å². The standard InChI is InChI=1S/3C20H13.C7H7.Sn/c3*1-2-8-14-13(7-1)19-15-9-3-5-11-17(15)20(14)18-12-6-4-10-16(18)19;1-7-5-3-2-4-6-7;/h3*1-12,19H;2-6H,1H2;. The minimum absolute atomic E-state index is 0.138. The molecule has 0 atom stereocenters. The van der Waals surface area contributed by atoms with Crippen molar-refractivity contribution >= 4 is 18.4 Å². The minimum atomic E-state index is -5.51. The second kappa shape index (κ2) is 13.4. The Hall–Kier alpha value is -7.00. The Labute approximate surface area is 402 Å². The van der Waals surface area contributed by atoms with Gasteiger partial charge in [-0.05, 0) is 0 Å². The van der Waals surface area contributed by atoms with Crippen molar-refractivity contribution in [2.75, 3.05) is 0 Å². The predicted molar refractivity (Wildman–Crippen MR) is 276 cm³/mol. The summed E-state index contributed by atoms with van der Waals surface area (Å²) < 4.78 is -0.755. The van der Waals surface area contributed by atoms with Gasteiger partial charge in [0, 0.05) is 0 Å². The summed E-state index contributed by atoms with van der Waals surface area (Å²) in [4.78, 5) is 0. The van der Waals surface area contributed by atoms with Gasteiger partial charge in [0.1, 0.15) is 0 Å². The van der Waals surface area contributed by atoms with Crippen LogP contribution in [0.4, 0.5) is 0 Å². The van der Waals surface area contributed by atoms with E-state index in [1.165, 1.54) is 106 Å². The summed E-state index contributed by atoms with van der Waals surface area (Å²) in [5.74, 6) is 0.414. The van der Waals surface area contributed by atoms with Crippen LogP contribution in [0.15, 0.2) is 249 Å². The molecule has 0 unspecified atom stereocenters. The van der Waals surface area contributed by atoms with Gasteiger partial charge in [-0.15, -0.1) is 0 Å². The third-order valence-corrected chi connectivity index (χ3v) is 38.9. The van der Waals surface area contributed by atoms with E-state index >= 15 is 0 Å². The van der Waals surface area contributed by atoms with Crippen molar-refractivity contribution < 1.29 is 0 Å². The first kappa shape index (κ1) is 38.0. The second-order valence-corrected chi connectivity index (χ2v) is 33.0.